The number of alkyl halides is 6. The van der Waals surface area contributed by atoms with E-state index in [2.05, 4.69) is 15.1 Å². The molecule has 13 heteroatoms. The molecule has 0 saturated heterocycles. The highest BCUT2D eigenvalue weighted by molar-refractivity contribution is 5.88. The number of halogens is 6. The fourth-order valence-corrected chi connectivity index (χ4v) is 1.95. The van der Waals surface area contributed by atoms with Gasteiger partial charge in [-0.05, 0) is 12.1 Å². The molecular weight excluding hydrogens is 374 g/mol. The molecule has 0 aliphatic heterocycles. The molecule has 7 nitrogen and oxygen atoms in total. The predicted octanol–water partition coefficient (Wildman–Crippen LogP) is 2.66. The number of carboxylic acid groups (broad SMARTS) is 1. The maximum atomic E-state index is 12.7. The van der Waals surface area contributed by atoms with Crippen molar-refractivity contribution >= 4 is 5.97 Å². The molecule has 1 N–H and O–H groups in total. The predicted molar refractivity (Wildman–Crippen MR) is 70.7 cm³/mol. The van der Waals surface area contributed by atoms with Gasteiger partial charge in [0.1, 0.15) is 12.3 Å². The van der Waals surface area contributed by atoms with E-state index in [4.69, 9.17) is 9.84 Å². The third-order valence-corrected chi connectivity index (χ3v) is 3.03. The highest BCUT2D eigenvalue weighted by atomic mass is 19.4. The highest BCUT2D eigenvalue weighted by Gasteiger charge is 2.37. The van der Waals surface area contributed by atoms with Crippen molar-refractivity contribution in [2.24, 2.45) is 7.05 Å². The molecule has 2 aromatic heterocycles. The lowest BCUT2D eigenvalue weighted by Gasteiger charge is -2.10. The van der Waals surface area contributed by atoms with Gasteiger partial charge in [0.25, 0.3) is 0 Å². The van der Waals surface area contributed by atoms with E-state index in [-0.39, 0.29) is 5.82 Å². The second-order valence-electron chi connectivity index (χ2n) is 4.96. The molecule has 26 heavy (non-hydrogen) atoms. The zero-order valence-corrected chi connectivity index (χ0v) is 12.9. The Morgan fingerprint density at radius 1 is 1.12 bits per heavy atom. The Morgan fingerprint density at radius 3 is 2.27 bits per heavy atom. The molecule has 0 bridgehead atoms. The molecule has 0 aliphatic rings. The molecule has 2 heterocycles. The van der Waals surface area contributed by atoms with Crippen LogP contribution in [0.4, 0.5) is 26.3 Å². The molecule has 0 radical (unpaired) electrons. The molecule has 0 unspecified atom stereocenters. The third-order valence-electron chi connectivity index (χ3n) is 3.03. The van der Waals surface area contributed by atoms with Crippen LogP contribution in [0.1, 0.15) is 33.4 Å². The fraction of sp³-hybridized carbons (Fsp3) is 0.385. The van der Waals surface area contributed by atoms with E-state index in [0.29, 0.717) is 10.7 Å². The summed E-state index contributed by atoms with van der Waals surface area (Å²) in [6.07, 6.45) is -9.53. The average molecular weight is 384 g/mol. The van der Waals surface area contributed by atoms with Gasteiger partial charge in [0.2, 0.25) is 5.82 Å². The smallest absolute Gasteiger partial charge is 0.451 e. The van der Waals surface area contributed by atoms with Crippen molar-refractivity contribution in [2.45, 2.75) is 25.6 Å². The van der Waals surface area contributed by atoms with E-state index in [0.717, 1.165) is 13.1 Å². The number of aromatic nitrogens is 4. The first-order valence-electron chi connectivity index (χ1n) is 6.75. The summed E-state index contributed by atoms with van der Waals surface area (Å²) in [5.41, 5.74) is -2.38. The maximum absolute atomic E-state index is 12.7. The van der Waals surface area contributed by atoms with Crippen molar-refractivity contribution in [3.63, 3.8) is 0 Å². The first-order valence-corrected chi connectivity index (χ1v) is 6.75. The van der Waals surface area contributed by atoms with Crippen LogP contribution in [0.15, 0.2) is 12.1 Å². The Bertz CT molecular complexity index is 815. The Labute approximate surface area is 141 Å². The largest absolute Gasteiger partial charge is 0.478 e. The molecule has 0 spiro atoms. The summed E-state index contributed by atoms with van der Waals surface area (Å²) in [7, 11) is 1.01. The summed E-state index contributed by atoms with van der Waals surface area (Å²) in [6.45, 7) is -1.27. The van der Waals surface area contributed by atoms with Crippen LogP contribution in [0.5, 0.6) is 0 Å². The van der Waals surface area contributed by atoms with Crippen LogP contribution in [-0.2, 0) is 37.4 Å². The zero-order chi connectivity index (χ0) is 19.7. The summed E-state index contributed by atoms with van der Waals surface area (Å²) in [4.78, 5) is 17.5. The second kappa shape index (κ2) is 6.90. The Kier molecular flexibility index (Phi) is 5.21. The quantitative estimate of drug-likeness (QED) is 0.798. The van der Waals surface area contributed by atoms with E-state index < -0.39 is 54.3 Å². The Morgan fingerprint density at radius 2 is 1.77 bits per heavy atom. The zero-order valence-electron chi connectivity index (χ0n) is 12.9. The monoisotopic (exact) mass is 384 g/mol. The second-order valence-corrected chi connectivity index (χ2v) is 4.96. The van der Waals surface area contributed by atoms with Gasteiger partial charge in [-0.1, -0.05) is 0 Å². The number of aromatic carboxylic acids is 1. The number of carboxylic acids is 1. The summed E-state index contributed by atoms with van der Waals surface area (Å²) < 4.78 is 81.2. The lowest BCUT2D eigenvalue weighted by Crippen LogP contribution is -2.14. The summed E-state index contributed by atoms with van der Waals surface area (Å²) in [6, 6.07) is 1.22. The number of nitrogens with zero attached hydrogens (tertiary/aromatic N) is 4. The summed E-state index contributed by atoms with van der Waals surface area (Å²) >= 11 is 0. The number of rotatable bonds is 5. The van der Waals surface area contributed by atoms with Crippen molar-refractivity contribution in [2.75, 3.05) is 0 Å². The summed E-state index contributed by atoms with van der Waals surface area (Å²) in [5.74, 6) is -3.18. The Hall–Kier alpha value is -2.70. The van der Waals surface area contributed by atoms with Crippen LogP contribution in [-0.4, -0.2) is 30.8 Å². The van der Waals surface area contributed by atoms with Gasteiger partial charge >= 0.3 is 18.3 Å². The SMILES string of the molecule is Cn1nc(COCc2nc(C(F)(F)F)ccc2C(=O)O)nc1C(F)(F)F. The normalized spacial score (nSPS) is 12.4. The molecule has 0 aliphatic carbocycles. The highest BCUT2D eigenvalue weighted by Crippen LogP contribution is 2.29. The number of aryl methyl sites for hydroxylation is 1. The van der Waals surface area contributed by atoms with E-state index in [1.54, 1.807) is 0 Å². The molecule has 0 atom stereocenters. The average Bonchev–Trinajstić information content (AvgIpc) is 2.87. The minimum absolute atomic E-state index is 0.372. The van der Waals surface area contributed by atoms with Gasteiger partial charge < -0.3 is 9.84 Å². The fourth-order valence-electron chi connectivity index (χ4n) is 1.95. The molecule has 142 valence electrons. The lowest BCUT2D eigenvalue weighted by molar-refractivity contribution is -0.147. The number of ether oxygens (including phenoxy) is 1. The van der Waals surface area contributed by atoms with Gasteiger partial charge in [-0.3, -0.25) is 0 Å². The van der Waals surface area contributed by atoms with Crippen LogP contribution in [0.2, 0.25) is 0 Å². The van der Waals surface area contributed by atoms with Gasteiger partial charge in [-0.25, -0.2) is 19.4 Å². The molecule has 0 saturated carbocycles. The molecule has 2 rings (SSSR count). The van der Waals surface area contributed by atoms with Crippen LogP contribution in [0.3, 0.4) is 0 Å². The first-order chi connectivity index (χ1) is 11.9. The number of pyridine rings is 1. The van der Waals surface area contributed by atoms with Crippen molar-refractivity contribution < 1.29 is 41.0 Å². The molecular formula is C13H10F6N4O3. The van der Waals surface area contributed by atoms with Crippen molar-refractivity contribution in [3.05, 3.63) is 40.7 Å². The maximum Gasteiger partial charge on any atom is 0.451 e. The van der Waals surface area contributed by atoms with E-state index in [1.165, 1.54) is 0 Å². The van der Waals surface area contributed by atoms with E-state index in [9.17, 15) is 31.1 Å². The van der Waals surface area contributed by atoms with Gasteiger partial charge in [0.15, 0.2) is 5.82 Å². The van der Waals surface area contributed by atoms with Crippen molar-refractivity contribution in [3.8, 4) is 0 Å². The molecule has 2 aromatic rings. The van der Waals surface area contributed by atoms with Crippen LogP contribution in [0, 0.1) is 0 Å². The number of hydrogen-bond donors (Lipinski definition) is 1. The van der Waals surface area contributed by atoms with Gasteiger partial charge in [-0.2, -0.15) is 31.4 Å². The minimum atomic E-state index is -4.80. The Balaban J connectivity index is 2.15. The summed E-state index contributed by atoms with van der Waals surface area (Å²) in [5, 5.41) is 12.4. The van der Waals surface area contributed by atoms with Crippen LogP contribution < -0.4 is 0 Å². The minimum Gasteiger partial charge on any atom is -0.478 e. The van der Waals surface area contributed by atoms with Crippen LogP contribution in [0.25, 0.3) is 0 Å². The van der Waals surface area contributed by atoms with Crippen LogP contribution >= 0.6 is 0 Å². The number of hydrogen-bond acceptors (Lipinski definition) is 5. The van der Waals surface area contributed by atoms with E-state index in [1.807, 2.05) is 0 Å². The molecule has 0 aromatic carbocycles. The molecule has 0 amide bonds. The van der Waals surface area contributed by atoms with Gasteiger partial charge in [-0.15, -0.1) is 0 Å². The van der Waals surface area contributed by atoms with Gasteiger partial charge in [0, 0.05) is 7.05 Å². The van der Waals surface area contributed by atoms with E-state index >= 15 is 0 Å². The van der Waals surface area contributed by atoms with Crippen molar-refractivity contribution in [1.29, 1.82) is 0 Å². The third kappa shape index (κ3) is 4.47. The molecule has 0 fully saturated rings. The lowest BCUT2D eigenvalue weighted by atomic mass is 10.1. The topological polar surface area (TPSA) is 90.1 Å². The van der Waals surface area contributed by atoms with Crippen molar-refractivity contribution in [1.82, 2.24) is 19.7 Å². The van der Waals surface area contributed by atoms with Gasteiger partial charge in [0.05, 0.1) is 17.9 Å². The first kappa shape index (κ1) is 19.6. The standard InChI is InChI=1S/C13H10F6N4O3/c1-23-11(13(17,18)19)21-9(22-23)5-26-4-7-6(10(24)25)2-3-8(20-7)12(14,15)16/h2-3H,4-5H2,1H3,(H,24,25). The number of carbonyl (C=O) groups is 1.